The molecule has 112 valence electrons. The van der Waals surface area contributed by atoms with Crippen LogP contribution in [0.4, 0.5) is 0 Å². The molecular formula is C16H24O4. The van der Waals surface area contributed by atoms with Crippen LogP contribution >= 0.6 is 0 Å². The molecule has 2 N–H and O–H groups in total. The summed E-state index contributed by atoms with van der Waals surface area (Å²) < 4.78 is 10.9. The molecule has 1 aromatic carbocycles. The molecule has 1 unspecified atom stereocenters. The second-order valence-corrected chi connectivity index (χ2v) is 5.49. The highest BCUT2D eigenvalue weighted by atomic mass is 16.5. The first-order chi connectivity index (χ1) is 9.72. The van der Waals surface area contributed by atoms with Crippen LogP contribution < -0.4 is 9.47 Å². The maximum atomic E-state index is 10.0. The van der Waals surface area contributed by atoms with Crippen LogP contribution in [0.5, 0.6) is 11.5 Å². The number of aliphatic hydroxyl groups is 2. The van der Waals surface area contributed by atoms with E-state index in [0.29, 0.717) is 17.4 Å². The summed E-state index contributed by atoms with van der Waals surface area (Å²) in [7, 11) is 1.57. The Morgan fingerprint density at radius 3 is 2.65 bits per heavy atom. The van der Waals surface area contributed by atoms with Gasteiger partial charge in [0.25, 0.3) is 0 Å². The molecule has 4 heteroatoms. The Morgan fingerprint density at radius 2 is 2.00 bits per heavy atom. The zero-order valence-electron chi connectivity index (χ0n) is 12.0. The van der Waals surface area contributed by atoms with Gasteiger partial charge in [-0.2, -0.15) is 0 Å². The molecule has 4 nitrogen and oxygen atoms in total. The Bertz CT molecular complexity index is 413. The minimum absolute atomic E-state index is 0.0268. The van der Waals surface area contributed by atoms with Crippen LogP contribution in [-0.4, -0.2) is 30.0 Å². The van der Waals surface area contributed by atoms with Crippen molar-refractivity contribution < 1.29 is 19.7 Å². The van der Waals surface area contributed by atoms with Gasteiger partial charge in [0.1, 0.15) is 6.61 Å². The van der Waals surface area contributed by atoms with Gasteiger partial charge in [0.05, 0.1) is 19.8 Å². The van der Waals surface area contributed by atoms with Crippen LogP contribution in [0.25, 0.3) is 0 Å². The second kappa shape index (κ2) is 7.50. The maximum absolute atomic E-state index is 10.0. The van der Waals surface area contributed by atoms with Crippen molar-refractivity contribution in [1.82, 2.24) is 0 Å². The molecule has 1 atom stereocenters. The Kier molecular flexibility index (Phi) is 5.68. The Balaban J connectivity index is 1.86. The SMILES string of the molecule is COc1cc(CO)ccc1OCC(O)CC1CCCC1. The van der Waals surface area contributed by atoms with Crippen LogP contribution in [0.2, 0.25) is 0 Å². The van der Waals surface area contributed by atoms with Crippen molar-refractivity contribution >= 4 is 0 Å². The fraction of sp³-hybridized carbons (Fsp3) is 0.625. The van der Waals surface area contributed by atoms with Crippen molar-refractivity contribution in [1.29, 1.82) is 0 Å². The van der Waals surface area contributed by atoms with E-state index in [2.05, 4.69) is 0 Å². The van der Waals surface area contributed by atoms with Crippen molar-refractivity contribution in [2.45, 2.75) is 44.8 Å². The van der Waals surface area contributed by atoms with Gasteiger partial charge in [-0.15, -0.1) is 0 Å². The normalized spacial score (nSPS) is 17.1. The average molecular weight is 280 g/mol. The fourth-order valence-corrected chi connectivity index (χ4v) is 2.81. The summed E-state index contributed by atoms with van der Waals surface area (Å²) in [5.41, 5.74) is 0.778. The molecular weight excluding hydrogens is 256 g/mol. The monoisotopic (exact) mass is 280 g/mol. The zero-order valence-corrected chi connectivity index (χ0v) is 12.0. The smallest absolute Gasteiger partial charge is 0.161 e. The fourth-order valence-electron chi connectivity index (χ4n) is 2.81. The molecule has 0 heterocycles. The van der Waals surface area contributed by atoms with Gasteiger partial charge < -0.3 is 19.7 Å². The summed E-state index contributed by atoms with van der Waals surface area (Å²) in [5, 5.41) is 19.1. The highest BCUT2D eigenvalue weighted by molar-refractivity contribution is 5.42. The van der Waals surface area contributed by atoms with Gasteiger partial charge in [0.15, 0.2) is 11.5 Å². The van der Waals surface area contributed by atoms with E-state index in [4.69, 9.17) is 14.6 Å². The predicted octanol–water partition coefficient (Wildman–Crippen LogP) is 2.51. The van der Waals surface area contributed by atoms with Gasteiger partial charge in [-0.05, 0) is 30.0 Å². The average Bonchev–Trinajstić information content (AvgIpc) is 2.97. The summed E-state index contributed by atoms with van der Waals surface area (Å²) in [5.74, 6) is 1.84. The van der Waals surface area contributed by atoms with Crippen molar-refractivity contribution in [3.63, 3.8) is 0 Å². The molecule has 1 fully saturated rings. The Hall–Kier alpha value is -1.26. The van der Waals surface area contributed by atoms with Gasteiger partial charge in [0.2, 0.25) is 0 Å². The maximum Gasteiger partial charge on any atom is 0.161 e. The zero-order chi connectivity index (χ0) is 14.4. The van der Waals surface area contributed by atoms with E-state index >= 15 is 0 Å². The van der Waals surface area contributed by atoms with Crippen molar-refractivity contribution in [3.8, 4) is 11.5 Å². The molecule has 0 amide bonds. The van der Waals surface area contributed by atoms with Crippen molar-refractivity contribution in [2.75, 3.05) is 13.7 Å². The summed E-state index contributed by atoms with van der Waals surface area (Å²) in [4.78, 5) is 0. The number of methoxy groups -OCH3 is 1. The Labute approximate surface area is 120 Å². The minimum atomic E-state index is -0.430. The van der Waals surface area contributed by atoms with Crippen LogP contribution in [0, 0.1) is 5.92 Å². The number of hydrogen-bond acceptors (Lipinski definition) is 4. The van der Waals surface area contributed by atoms with E-state index < -0.39 is 6.10 Å². The van der Waals surface area contributed by atoms with Gasteiger partial charge in [-0.1, -0.05) is 31.7 Å². The predicted molar refractivity (Wildman–Crippen MR) is 77.0 cm³/mol. The Morgan fingerprint density at radius 1 is 1.25 bits per heavy atom. The number of ether oxygens (including phenoxy) is 2. The molecule has 2 rings (SSSR count). The third-order valence-corrected chi connectivity index (χ3v) is 3.92. The first-order valence-corrected chi connectivity index (χ1v) is 7.31. The van der Waals surface area contributed by atoms with E-state index in [9.17, 15) is 5.11 Å². The molecule has 1 aliphatic rings. The summed E-state index contributed by atoms with van der Waals surface area (Å²) in [6.45, 7) is 0.256. The molecule has 0 bridgehead atoms. The lowest BCUT2D eigenvalue weighted by molar-refractivity contribution is 0.0841. The van der Waals surface area contributed by atoms with Crippen LogP contribution in [0.1, 0.15) is 37.7 Å². The van der Waals surface area contributed by atoms with Gasteiger partial charge in [-0.3, -0.25) is 0 Å². The molecule has 1 saturated carbocycles. The molecule has 1 aromatic rings. The summed E-state index contributed by atoms with van der Waals surface area (Å²) in [6, 6.07) is 5.31. The highest BCUT2D eigenvalue weighted by Crippen LogP contribution is 2.30. The number of benzene rings is 1. The van der Waals surface area contributed by atoms with Crippen molar-refractivity contribution in [3.05, 3.63) is 23.8 Å². The van der Waals surface area contributed by atoms with Gasteiger partial charge >= 0.3 is 0 Å². The van der Waals surface area contributed by atoms with Gasteiger partial charge in [0, 0.05) is 0 Å². The third kappa shape index (κ3) is 4.12. The number of rotatable bonds is 7. The molecule has 0 aliphatic heterocycles. The summed E-state index contributed by atoms with van der Waals surface area (Å²) >= 11 is 0. The molecule has 0 aromatic heterocycles. The van der Waals surface area contributed by atoms with E-state index in [0.717, 1.165) is 12.0 Å². The lowest BCUT2D eigenvalue weighted by Gasteiger charge is -2.17. The summed E-state index contributed by atoms with van der Waals surface area (Å²) in [6.07, 6.45) is 5.41. The topological polar surface area (TPSA) is 58.9 Å². The second-order valence-electron chi connectivity index (χ2n) is 5.49. The molecule has 1 aliphatic carbocycles. The van der Waals surface area contributed by atoms with E-state index in [1.165, 1.54) is 25.7 Å². The van der Waals surface area contributed by atoms with Gasteiger partial charge in [-0.25, -0.2) is 0 Å². The quantitative estimate of drug-likeness (QED) is 0.805. The van der Waals surface area contributed by atoms with E-state index in [1.807, 2.05) is 0 Å². The lowest BCUT2D eigenvalue weighted by Crippen LogP contribution is -2.20. The van der Waals surface area contributed by atoms with Crippen molar-refractivity contribution in [2.24, 2.45) is 5.92 Å². The first kappa shape index (κ1) is 15.1. The molecule has 0 spiro atoms. The van der Waals surface area contributed by atoms with Crippen LogP contribution in [-0.2, 0) is 6.61 Å². The molecule has 0 radical (unpaired) electrons. The number of hydrogen-bond donors (Lipinski definition) is 2. The number of aliphatic hydroxyl groups excluding tert-OH is 2. The molecule has 20 heavy (non-hydrogen) atoms. The first-order valence-electron chi connectivity index (χ1n) is 7.31. The minimum Gasteiger partial charge on any atom is -0.493 e. The highest BCUT2D eigenvalue weighted by Gasteiger charge is 2.19. The van der Waals surface area contributed by atoms with E-state index in [1.54, 1.807) is 25.3 Å². The van der Waals surface area contributed by atoms with E-state index in [-0.39, 0.29) is 13.2 Å². The molecule has 0 saturated heterocycles. The lowest BCUT2D eigenvalue weighted by atomic mass is 10.0. The largest absolute Gasteiger partial charge is 0.493 e. The standard InChI is InChI=1S/C16H24O4/c1-19-16-9-13(10-17)6-7-15(16)20-11-14(18)8-12-4-2-3-5-12/h6-7,9,12,14,17-18H,2-5,8,10-11H2,1H3. The van der Waals surface area contributed by atoms with Crippen LogP contribution in [0.3, 0.4) is 0 Å². The van der Waals surface area contributed by atoms with Crippen LogP contribution in [0.15, 0.2) is 18.2 Å². The third-order valence-electron chi connectivity index (χ3n) is 3.92.